The van der Waals surface area contributed by atoms with E-state index in [-0.39, 0.29) is 0 Å². The van der Waals surface area contributed by atoms with Crippen molar-refractivity contribution in [3.05, 3.63) is 64.7 Å². The molecular weight excluding hydrogens is 276 g/mol. The number of hydrogen-bond donors (Lipinski definition) is 3. The van der Waals surface area contributed by atoms with E-state index in [1.807, 2.05) is 30.3 Å². The molecule has 0 aliphatic carbocycles. The van der Waals surface area contributed by atoms with Gasteiger partial charge in [0.15, 0.2) is 0 Å². The second kappa shape index (κ2) is 6.08. The van der Waals surface area contributed by atoms with E-state index in [2.05, 4.69) is 10.5 Å². The molecule has 2 aromatic carbocycles. The normalized spacial score (nSPS) is 11.2. The van der Waals surface area contributed by atoms with E-state index in [4.69, 9.17) is 23.1 Å². The largest absolute Gasteiger partial charge is 0.398 e. The Labute approximate surface area is 121 Å². The second-order valence-electron chi connectivity index (χ2n) is 4.03. The number of nitrogen functional groups attached to an aromatic ring is 1. The van der Waals surface area contributed by atoms with Crippen LogP contribution < -0.4 is 16.9 Å². The third-order valence-corrected chi connectivity index (χ3v) is 2.83. The minimum atomic E-state index is -0.751. The maximum Gasteiger partial charge on any atom is 0.332 e. The van der Waals surface area contributed by atoms with Gasteiger partial charge in [0.25, 0.3) is 0 Å². The van der Waals surface area contributed by atoms with Crippen molar-refractivity contribution in [1.29, 1.82) is 0 Å². The van der Waals surface area contributed by atoms with Gasteiger partial charge in [-0.15, -0.1) is 0 Å². The lowest BCUT2D eigenvalue weighted by Gasteiger charge is -2.10. The minimum absolute atomic E-state index is 0.490. The molecule has 0 bridgehead atoms. The first-order chi connectivity index (χ1) is 9.58. The van der Waals surface area contributed by atoms with Crippen LogP contribution in [0.15, 0.2) is 53.6 Å². The van der Waals surface area contributed by atoms with Crippen molar-refractivity contribution >= 4 is 29.0 Å². The zero-order valence-electron chi connectivity index (χ0n) is 10.5. The molecule has 0 aliphatic heterocycles. The third kappa shape index (κ3) is 3.27. The van der Waals surface area contributed by atoms with Crippen LogP contribution in [0.1, 0.15) is 11.1 Å². The molecule has 0 heterocycles. The standard InChI is InChI=1S/C14H13ClN4O/c15-10-6-7-12(16)11(8-10)13(18-19-14(17)20)9-4-2-1-3-5-9/h1-8H,16H2,(H3,17,19,20)/b18-13-. The number of hydrazone groups is 1. The van der Waals surface area contributed by atoms with Crippen LogP contribution in [-0.4, -0.2) is 11.7 Å². The van der Waals surface area contributed by atoms with Crippen molar-refractivity contribution in [2.75, 3.05) is 5.73 Å². The summed E-state index contributed by atoms with van der Waals surface area (Å²) in [5, 5.41) is 4.54. The summed E-state index contributed by atoms with van der Waals surface area (Å²) in [4.78, 5) is 10.9. The van der Waals surface area contributed by atoms with E-state index in [0.29, 0.717) is 22.0 Å². The highest BCUT2D eigenvalue weighted by atomic mass is 35.5. The van der Waals surface area contributed by atoms with Gasteiger partial charge in [-0.25, -0.2) is 10.2 Å². The van der Waals surface area contributed by atoms with Crippen LogP contribution in [0.2, 0.25) is 5.02 Å². The molecule has 20 heavy (non-hydrogen) atoms. The molecule has 0 fully saturated rings. The van der Waals surface area contributed by atoms with Gasteiger partial charge in [-0.1, -0.05) is 41.9 Å². The molecule has 0 atom stereocenters. The SMILES string of the molecule is NC(=O)N/N=C(/c1ccccc1)c1cc(Cl)ccc1N. The number of nitrogens with zero attached hydrogens (tertiary/aromatic N) is 1. The molecule has 2 rings (SSSR count). The van der Waals surface area contributed by atoms with Gasteiger partial charge in [0.2, 0.25) is 0 Å². The molecule has 6 heteroatoms. The molecule has 0 radical (unpaired) electrons. The highest BCUT2D eigenvalue weighted by molar-refractivity contribution is 6.31. The number of nitrogens with one attached hydrogen (secondary N) is 1. The van der Waals surface area contributed by atoms with Gasteiger partial charge in [0, 0.05) is 21.8 Å². The lowest BCUT2D eigenvalue weighted by Crippen LogP contribution is -2.26. The minimum Gasteiger partial charge on any atom is -0.398 e. The molecule has 5 nitrogen and oxygen atoms in total. The van der Waals surface area contributed by atoms with Crippen molar-refractivity contribution in [3.63, 3.8) is 0 Å². The average molecular weight is 289 g/mol. The first-order valence-electron chi connectivity index (χ1n) is 5.82. The van der Waals surface area contributed by atoms with Crippen LogP contribution >= 0.6 is 11.6 Å². The van der Waals surface area contributed by atoms with Crippen LogP contribution in [0.3, 0.4) is 0 Å². The first-order valence-corrected chi connectivity index (χ1v) is 6.19. The van der Waals surface area contributed by atoms with Gasteiger partial charge in [0.05, 0.1) is 0 Å². The Morgan fingerprint density at radius 2 is 1.85 bits per heavy atom. The number of anilines is 1. The zero-order valence-corrected chi connectivity index (χ0v) is 11.3. The molecule has 0 aliphatic rings. The number of hydrogen-bond acceptors (Lipinski definition) is 3. The molecule has 0 spiro atoms. The van der Waals surface area contributed by atoms with Crippen LogP contribution in [0.5, 0.6) is 0 Å². The van der Waals surface area contributed by atoms with Crippen molar-refractivity contribution in [3.8, 4) is 0 Å². The van der Waals surface area contributed by atoms with Gasteiger partial charge in [-0.2, -0.15) is 5.10 Å². The predicted molar refractivity (Wildman–Crippen MR) is 80.7 cm³/mol. The summed E-state index contributed by atoms with van der Waals surface area (Å²) in [6.45, 7) is 0. The molecule has 102 valence electrons. The summed E-state index contributed by atoms with van der Waals surface area (Å²) in [5.74, 6) is 0. The Hall–Kier alpha value is -2.53. The van der Waals surface area contributed by atoms with Gasteiger partial charge >= 0.3 is 6.03 Å². The molecular formula is C14H13ClN4O. The van der Waals surface area contributed by atoms with E-state index < -0.39 is 6.03 Å². The van der Waals surface area contributed by atoms with Crippen molar-refractivity contribution in [2.24, 2.45) is 10.8 Å². The van der Waals surface area contributed by atoms with Gasteiger partial charge in [-0.05, 0) is 18.2 Å². The Morgan fingerprint density at radius 3 is 2.50 bits per heavy atom. The molecule has 0 unspecified atom stereocenters. The summed E-state index contributed by atoms with van der Waals surface area (Å²) in [5.41, 5.74) is 15.6. The Balaban J connectivity index is 2.55. The van der Waals surface area contributed by atoms with E-state index in [1.54, 1.807) is 18.2 Å². The maximum absolute atomic E-state index is 10.9. The number of urea groups is 1. The number of halogens is 1. The number of nitrogens with two attached hydrogens (primary N) is 2. The van der Waals surface area contributed by atoms with Gasteiger partial charge in [-0.3, -0.25) is 0 Å². The quantitative estimate of drug-likeness (QED) is 0.459. The Bertz CT molecular complexity index is 655. The van der Waals surface area contributed by atoms with E-state index in [1.165, 1.54) is 0 Å². The smallest absolute Gasteiger partial charge is 0.332 e. The number of primary amides is 1. The topological polar surface area (TPSA) is 93.5 Å². The van der Waals surface area contributed by atoms with Crippen LogP contribution in [-0.2, 0) is 0 Å². The Kier molecular flexibility index (Phi) is 4.22. The number of carbonyl (C=O) groups excluding carboxylic acids is 1. The van der Waals surface area contributed by atoms with Crippen LogP contribution in [0, 0.1) is 0 Å². The van der Waals surface area contributed by atoms with Crippen molar-refractivity contribution in [2.45, 2.75) is 0 Å². The lowest BCUT2D eigenvalue weighted by molar-refractivity contribution is 0.249. The second-order valence-corrected chi connectivity index (χ2v) is 4.47. The summed E-state index contributed by atoms with van der Waals surface area (Å²) in [7, 11) is 0. The van der Waals surface area contributed by atoms with Crippen molar-refractivity contribution in [1.82, 2.24) is 5.43 Å². The fraction of sp³-hybridized carbons (Fsp3) is 0. The highest BCUT2D eigenvalue weighted by Crippen LogP contribution is 2.21. The monoisotopic (exact) mass is 288 g/mol. The van der Waals surface area contributed by atoms with Crippen LogP contribution in [0.25, 0.3) is 0 Å². The van der Waals surface area contributed by atoms with Crippen molar-refractivity contribution < 1.29 is 4.79 Å². The molecule has 0 aromatic heterocycles. The fourth-order valence-electron chi connectivity index (χ4n) is 1.72. The third-order valence-electron chi connectivity index (χ3n) is 2.60. The molecule has 0 saturated heterocycles. The summed E-state index contributed by atoms with van der Waals surface area (Å²) >= 11 is 5.99. The average Bonchev–Trinajstić information content (AvgIpc) is 2.43. The van der Waals surface area contributed by atoms with E-state index in [9.17, 15) is 4.79 Å². The molecule has 2 amide bonds. The Morgan fingerprint density at radius 1 is 1.15 bits per heavy atom. The number of amides is 2. The summed E-state index contributed by atoms with van der Waals surface area (Å²) in [6.07, 6.45) is 0. The lowest BCUT2D eigenvalue weighted by atomic mass is 10.0. The fourth-order valence-corrected chi connectivity index (χ4v) is 1.89. The maximum atomic E-state index is 10.9. The molecule has 2 aromatic rings. The van der Waals surface area contributed by atoms with E-state index >= 15 is 0 Å². The van der Waals surface area contributed by atoms with E-state index in [0.717, 1.165) is 5.56 Å². The zero-order chi connectivity index (χ0) is 14.5. The number of benzene rings is 2. The number of rotatable bonds is 3. The van der Waals surface area contributed by atoms with Crippen LogP contribution in [0.4, 0.5) is 10.5 Å². The van der Waals surface area contributed by atoms with Gasteiger partial charge in [0.1, 0.15) is 5.71 Å². The summed E-state index contributed by atoms with van der Waals surface area (Å²) < 4.78 is 0. The molecule has 5 N–H and O–H groups in total. The number of carbonyl (C=O) groups is 1. The first kappa shape index (κ1) is 13.9. The predicted octanol–water partition coefficient (Wildman–Crippen LogP) is 2.34. The molecule has 0 saturated carbocycles. The van der Waals surface area contributed by atoms with Gasteiger partial charge < -0.3 is 11.5 Å². The summed E-state index contributed by atoms with van der Waals surface area (Å²) in [6, 6.07) is 13.6. The highest BCUT2D eigenvalue weighted by Gasteiger charge is 2.11.